The molecule has 40 heavy (non-hydrogen) atoms. The van der Waals surface area contributed by atoms with Crippen molar-refractivity contribution < 1.29 is 4.42 Å². The van der Waals surface area contributed by atoms with E-state index in [0.29, 0.717) is 11.6 Å². The number of rotatable bonds is 5. The Labute approximate surface area is 233 Å². The highest BCUT2D eigenvalue weighted by atomic mass is 16.3. The van der Waals surface area contributed by atoms with Gasteiger partial charge in [-0.05, 0) is 72.4 Å². The highest BCUT2D eigenvalue weighted by Gasteiger charge is 2.20. The first-order valence-electron chi connectivity index (χ1n) is 13.9. The van der Waals surface area contributed by atoms with Crippen LogP contribution in [0.2, 0.25) is 0 Å². The molecule has 0 saturated heterocycles. The van der Waals surface area contributed by atoms with Crippen molar-refractivity contribution in [3.8, 4) is 22.6 Å². The molecule has 7 rings (SSSR count). The van der Waals surface area contributed by atoms with Gasteiger partial charge in [0, 0.05) is 22.9 Å². The molecule has 0 aliphatic carbocycles. The number of furan rings is 1. The van der Waals surface area contributed by atoms with Crippen LogP contribution in [-0.4, -0.2) is 14.5 Å². The molecule has 0 unspecified atom stereocenters. The number of aryl methyl sites for hydroxylation is 2. The van der Waals surface area contributed by atoms with Gasteiger partial charge >= 0.3 is 0 Å². The van der Waals surface area contributed by atoms with Gasteiger partial charge in [-0.15, -0.1) is 0 Å². The third-order valence-corrected chi connectivity index (χ3v) is 7.96. The van der Waals surface area contributed by atoms with Crippen molar-refractivity contribution in [2.24, 2.45) is 0 Å². The molecule has 4 aromatic carbocycles. The van der Waals surface area contributed by atoms with Crippen LogP contribution >= 0.6 is 0 Å². The molecule has 4 nitrogen and oxygen atoms in total. The van der Waals surface area contributed by atoms with Gasteiger partial charge in [-0.2, -0.15) is 0 Å². The first-order valence-corrected chi connectivity index (χ1v) is 13.9. The molecule has 0 fully saturated rings. The second-order valence-electron chi connectivity index (χ2n) is 11.0. The summed E-state index contributed by atoms with van der Waals surface area (Å²) in [7, 11) is 0. The quantitative estimate of drug-likeness (QED) is 0.227. The molecular formula is C36H31N3O. The molecule has 7 aromatic rings. The summed E-state index contributed by atoms with van der Waals surface area (Å²) in [5.74, 6) is 1.34. The maximum Gasteiger partial charge on any atom is 0.227 e. The third-order valence-electron chi connectivity index (χ3n) is 7.96. The van der Waals surface area contributed by atoms with Gasteiger partial charge in [-0.3, -0.25) is 0 Å². The van der Waals surface area contributed by atoms with E-state index in [1.165, 1.54) is 22.3 Å². The van der Waals surface area contributed by atoms with Crippen molar-refractivity contribution in [1.29, 1.82) is 0 Å². The zero-order valence-corrected chi connectivity index (χ0v) is 23.3. The highest BCUT2D eigenvalue weighted by molar-refractivity contribution is 6.08. The molecule has 0 aliphatic rings. The Hall–Kier alpha value is -4.70. The maximum atomic E-state index is 6.58. The number of hydrogen-bond donors (Lipinski definition) is 0. The van der Waals surface area contributed by atoms with E-state index in [0.717, 1.165) is 56.6 Å². The molecule has 0 spiro atoms. The van der Waals surface area contributed by atoms with E-state index in [2.05, 4.69) is 129 Å². The highest BCUT2D eigenvalue weighted by Crippen LogP contribution is 2.38. The summed E-state index contributed by atoms with van der Waals surface area (Å²) in [6.45, 7) is 9.43. The molecule has 3 heterocycles. The van der Waals surface area contributed by atoms with Gasteiger partial charge in [-0.25, -0.2) is 9.97 Å². The Morgan fingerprint density at radius 2 is 1.52 bits per heavy atom. The van der Waals surface area contributed by atoms with Crippen molar-refractivity contribution in [1.82, 2.24) is 14.5 Å². The summed E-state index contributed by atoms with van der Waals surface area (Å²) < 4.78 is 8.89. The number of imidazole rings is 1. The molecule has 0 atom stereocenters. The second-order valence-corrected chi connectivity index (χ2v) is 11.0. The van der Waals surface area contributed by atoms with Crippen molar-refractivity contribution in [3.63, 3.8) is 0 Å². The van der Waals surface area contributed by atoms with Crippen molar-refractivity contribution in [2.75, 3.05) is 0 Å². The fourth-order valence-corrected chi connectivity index (χ4v) is 5.85. The summed E-state index contributed by atoms with van der Waals surface area (Å²) in [5.41, 5.74) is 11.6. The Morgan fingerprint density at radius 3 is 2.30 bits per heavy atom. The molecule has 0 N–H and O–H groups in total. The minimum atomic E-state index is 0.433. The number of pyridine rings is 1. The van der Waals surface area contributed by atoms with Gasteiger partial charge in [0.1, 0.15) is 11.4 Å². The van der Waals surface area contributed by atoms with E-state index < -0.39 is 0 Å². The van der Waals surface area contributed by atoms with Gasteiger partial charge in [0.15, 0.2) is 0 Å². The number of fused-ring (bicyclic) bond motifs is 4. The zero-order chi connectivity index (χ0) is 27.4. The standard InChI is InChI=1S/C36H31N3O/c1-22(2)26-16-19-32-31(20-26)37-35(39(32)21-25-12-6-5-7-13-25)29-15-9-14-27-28-17-18-30(38-36(28)40-34(27)29)33-23(3)10-8-11-24(33)4/h5-20,22H,21H2,1-4H3. The Balaban J connectivity index is 1.45. The topological polar surface area (TPSA) is 43.9 Å². The summed E-state index contributed by atoms with van der Waals surface area (Å²) in [5, 5.41) is 2.06. The predicted molar refractivity (Wildman–Crippen MR) is 165 cm³/mol. The fourth-order valence-electron chi connectivity index (χ4n) is 5.85. The van der Waals surface area contributed by atoms with E-state index >= 15 is 0 Å². The largest absolute Gasteiger partial charge is 0.437 e. The summed E-state index contributed by atoms with van der Waals surface area (Å²) in [6.07, 6.45) is 0. The van der Waals surface area contributed by atoms with E-state index in [-0.39, 0.29) is 0 Å². The minimum Gasteiger partial charge on any atom is -0.437 e. The van der Waals surface area contributed by atoms with Crippen LogP contribution in [0.25, 0.3) is 55.7 Å². The van der Waals surface area contributed by atoms with E-state index in [9.17, 15) is 0 Å². The molecule has 0 amide bonds. The SMILES string of the molecule is Cc1cccc(C)c1-c1ccc2c(n1)oc1c(-c3nc4cc(C(C)C)ccc4n3Cc3ccccc3)cccc12. The van der Waals surface area contributed by atoms with Gasteiger partial charge < -0.3 is 8.98 Å². The lowest BCUT2D eigenvalue weighted by molar-refractivity contribution is 0.654. The number of para-hydroxylation sites is 1. The lowest BCUT2D eigenvalue weighted by Crippen LogP contribution is -2.02. The van der Waals surface area contributed by atoms with E-state index in [4.69, 9.17) is 14.4 Å². The molecule has 0 radical (unpaired) electrons. The molecule has 0 aliphatic heterocycles. The zero-order valence-electron chi connectivity index (χ0n) is 23.3. The lowest BCUT2D eigenvalue weighted by Gasteiger charge is -2.11. The predicted octanol–water partition coefficient (Wildman–Crippen LogP) is 9.45. The summed E-state index contributed by atoms with van der Waals surface area (Å²) in [4.78, 5) is 10.2. The number of aromatic nitrogens is 3. The number of benzene rings is 4. The average Bonchev–Trinajstić information content (AvgIpc) is 3.51. The summed E-state index contributed by atoms with van der Waals surface area (Å²) >= 11 is 0. The van der Waals surface area contributed by atoms with Crippen molar-refractivity contribution in [2.45, 2.75) is 40.2 Å². The first-order chi connectivity index (χ1) is 19.5. The monoisotopic (exact) mass is 521 g/mol. The maximum absolute atomic E-state index is 6.58. The fraction of sp³-hybridized carbons (Fsp3) is 0.167. The molecule has 196 valence electrons. The first kappa shape index (κ1) is 24.3. The van der Waals surface area contributed by atoms with E-state index in [1.807, 2.05) is 0 Å². The Kier molecular flexibility index (Phi) is 5.78. The number of nitrogens with zero attached hydrogens (tertiary/aromatic N) is 3. The lowest BCUT2D eigenvalue weighted by atomic mass is 9.99. The van der Waals surface area contributed by atoms with Crippen LogP contribution in [0.3, 0.4) is 0 Å². The minimum absolute atomic E-state index is 0.433. The van der Waals surface area contributed by atoms with E-state index in [1.54, 1.807) is 0 Å². The second kappa shape index (κ2) is 9.49. The molecule has 0 saturated carbocycles. The van der Waals surface area contributed by atoms with Crippen LogP contribution in [0.5, 0.6) is 0 Å². The molecule has 3 aromatic heterocycles. The average molecular weight is 522 g/mol. The summed E-state index contributed by atoms with van der Waals surface area (Å²) in [6, 6.07) is 34.1. The third kappa shape index (κ3) is 3.99. The Morgan fingerprint density at radius 1 is 0.750 bits per heavy atom. The smallest absolute Gasteiger partial charge is 0.227 e. The molecule has 4 heteroatoms. The van der Waals surface area contributed by atoms with Gasteiger partial charge in [0.2, 0.25) is 5.71 Å². The van der Waals surface area contributed by atoms with Gasteiger partial charge in [-0.1, -0.05) is 80.6 Å². The van der Waals surface area contributed by atoms with Crippen molar-refractivity contribution in [3.05, 3.63) is 119 Å². The molecule has 0 bridgehead atoms. The molecular weight excluding hydrogens is 490 g/mol. The van der Waals surface area contributed by atoms with Gasteiger partial charge in [0.05, 0.1) is 22.3 Å². The van der Waals surface area contributed by atoms with Crippen LogP contribution in [0, 0.1) is 13.8 Å². The van der Waals surface area contributed by atoms with Crippen LogP contribution in [0.15, 0.2) is 101 Å². The normalized spacial score (nSPS) is 11.8. The van der Waals surface area contributed by atoms with Gasteiger partial charge in [0.25, 0.3) is 0 Å². The van der Waals surface area contributed by atoms with Crippen LogP contribution in [0.4, 0.5) is 0 Å². The number of hydrogen-bond acceptors (Lipinski definition) is 3. The Bertz CT molecular complexity index is 2010. The van der Waals surface area contributed by atoms with Crippen LogP contribution in [0.1, 0.15) is 42.0 Å². The van der Waals surface area contributed by atoms with Crippen molar-refractivity contribution >= 4 is 33.1 Å². The van der Waals surface area contributed by atoms with Crippen LogP contribution < -0.4 is 0 Å². The van der Waals surface area contributed by atoms with Crippen LogP contribution in [-0.2, 0) is 6.54 Å².